The van der Waals surface area contributed by atoms with Gasteiger partial charge in [-0.25, -0.2) is 0 Å². The number of carbonyl (C=O) groups is 2. The Morgan fingerprint density at radius 1 is 1.46 bits per heavy atom. The highest BCUT2D eigenvalue weighted by atomic mass is 35.5. The molecule has 2 aromatic rings. The van der Waals surface area contributed by atoms with E-state index in [0.717, 1.165) is 0 Å². The van der Waals surface area contributed by atoms with Crippen molar-refractivity contribution in [2.75, 3.05) is 19.0 Å². The molecule has 0 spiro atoms. The van der Waals surface area contributed by atoms with Crippen LogP contribution in [-0.2, 0) is 16.1 Å². The molecule has 1 atom stereocenters. The summed E-state index contributed by atoms with van der Waals surface area (Å²) in [6, 6.07) is 8.56. The van der Waals surface area contributed by atoms with Crippen molar-refractivity contribution in [3.8, 4) is 5.75 Å². The lowest BCUT2D eigenvalue weighted by Crippen LogP contribution is -2.28. The summed E-state index contributed by atoms with van der Waals surface area (Å²) in [4.78, 5) is 26.2. The molecular weight excluding hydrogens is 332 g/mol. The SMILES string of the molecule is COc1ccc(Cl)cc1NC(=O)[C@@H]1CC(=O)N(Cc2ccco2)C1. The lowest BCUT2D eigenvalue weighted by atomic mass is 10.1. The van der Waals surface area contributed by atoms with Crippen LogP contribution in [0, 0.1) is 5.92 Å². The van der Waals surface area contributed by atoms with E-state index in [1.165, 1.54) is 7.11 Å². The van der Waals surface area contributed by atoms with E-state index in [-0.39, 0.29) is 18.2 Å². The predicted molar refractivity (Wildman–Crippen MR) is 88.9 cm³/mol. The van der Waals surface area contributed by atoms with Crippen molar-refractivity contribution in [3.63, 3.8) is 0 Å². The van der Waals surface area contributed by atoms with Crippen LogP contribution >= 0.6 is 11.6 Å². The van der Waals surface area contributed by atoms with Crippen LogP contribution in [-0.4, -0.2) is 30.4 Å². The molecule has 0 aliphatic carbocycles. The largest absolute Gasteiger partial charge is 0.495 e. The second kappa shape index (κ2) is 6.97. The molecule has 7 heteroatoms. The van der Waals surface area contributed by atoms with Crippen molar-refractivity contribution >= 4 is 29.1 Å². The average Bonchev–Trinajstić information content (AvgIpc) is 3.18. The van der Waals surface area contributed by atoms with E-state index >= 15 is 0 Å². The van der Waals surface area contributed by atoms with Gasteiger partial charge in [0, 0.05) is 18.0 Å². The lowest BCUT2D eigenvalue weighted by molar-refractivity contribution is -0.128. The van der Waals surface area contributed by atoms with Gasteiger partial charge < -0.3 is 19.4 Å². The molecule has 2 heterocycles. The number of hydrogen-bond donors (Lipinski definition) is 1. The van der Waals surface area contributed by atoms with Crippen molar-refractivity contribution in [2.45, 2.75) is 13.0 Å². The van der Waals surface area contributed by atoms with Gasteiger partial charge in [0.15, 0.2) is 0 Å². The van der Waals surface area contributed by atoms with Gasteiger partial charge in [-0.3, -0.25) is 9.59 Å². The number of rotatable bonds is 5. The standard InChI is InChI=1S/C17H17ClN2O4/c1-23-15-5-4-12(18)8-14(15)19-17(22)11-7-16(21)20(9-11)10-13-3-2-6-24-13/h2-6,8,11H,7,9-10H2,1H3,(H,19,22)/t11-/m1/s1. The monoisotopic (exact) mass is 348 g/mol. The summed E-state index contributed by atoms with van der Waals surface area (Å²) in [5.41, 5.74) is 0.493. The lowest BCUT2D eigenvalue weighted by Gasteiger charge is -2.16. The summed E-state index contributed by atoms with van der Waals surface area (Å²) in [5.74, 6) is 0.497. The molecule has 0 radical (unpaired) electrons. The first-order chi connectivity index (χ1) is 11.6. The Labute approximate surface area is 144 Å². The van der Waals surface area contributed by atoms with Crippen molar-refractivity contribution in [1.29, 1.82) is 0 Å². The molecule has 6 nitrogen and oxygen atoms in total. The van der Waals surface area contributed by atoms with E-state index in [4.69, 9.17) is 20.8 Å². The Morgan fingerprint density at radius 2 is 2.29 bits per heavy atom. The fourth-order valence-corrected chi connectivity index (χ4v) is 2.88. The van der Waals surface area contributed by atoms with Crippen LogP contribution in [0.5, 0.6) is 5.75 Å². The van der Waals surface area contributed by atoms with Crippen molar-refractivity contribution in [3.05, 3.63) is 47.4 Å². The number of hydrogen-bond acceptors (Lipinski definition) is 4. The molecule has 1 aliphatic rings. The van der Waals surface area contributed by atoms with Crippen LogP contribution in [0.15, 0.2) is 41.0 Å². The summed E-state index contributed by atoms with van der Waals surface area (Å²) in [6.07, 6.45) is 1.74. The first-order valence-corrected chi connectivity index (χ1v) is 7.89. The third-order valence-electron chi connectivity index (χ3n) is 3.93. The normalized spacial score (nSPS) is 17.2. The van der Waals surface area contributed by atoms with E-state index in [1.54, 1.807) is 41.5 Å². The first kappa shape index (κ1) is 16.4. The molecule has 1 aromatic carbocycles. The van der Waals surface area contributed by atoms with Gasteiger partial charge in [0.05, 0.1) is 31.5 Å². The summed E-state index contributed by atoms with van der Waals surface area (Å²) >= 11 is 5.96. The maximum atomic E-state index is 12.5. The summed E-state index contributed by atoms with van der Waals surface area (Å²) in [6.45, 7) is 0.727. The number of amides is 2. The molecule has 1 aromatic heterocycles. The zero-order chi connectivity index (χ0) is 17.1. The Bertz CT molecular complexity index is 745. The van der Waals surface area contributed by atoms with Crippen LogP contribution < -0.4 is 10.1 Å². The van der Waals surface area contributed by atoms with Gasteiger partial charge in [-0.2, -0.15) is 0 Å². The van der Waals surface area contributed by atoms with Crippen LogP contribution in [0.2, 0.25) is 5.02 Å². The fraction of sp³-hybridized carbons (Fsp3) is 0.294. The van der Waals surface area contributed by atoms with Gasteiger partial charge >= 0.3 is 0 Å². The Balaban J connectivity index is 1.66. The average molecular weight is 349 g/mol. The predicted octanol–water partition coefficient (Wildman–Crippen LogP) is 2.93. The number of furan rings is 1. The third-order valence-corrected chi connectivity index (χ3v) is 4.17. The van der Waals surface area contributed by atoms with Crippen LogP contribution in [0.4, 0.5) is 5.69 Å². The van der Waals surface area contributed by atoms with Crippen molar-refractivity contribution in [2.24, 2.45) is 5.92 Å². The molecule has 1 saturated heterocycles. The maximum Gasteiger partial charge on any atom is 0.229 e. The van der Waals surface area contributed by atoms with Crippen molar-refractivity contribution < 1.29 is 18.7 Å². The molecule has 126 valence electrons. The minimum absolute atomic E-state index is 0.0652. The summed E-state index contributed by atoms with van der Waals surface area (Å²) < 4.78 is 10.5. The van der Waals surface area contributed by atoms with E-state index in [0.29, 0.717) is 35.3 Å². The number of nitrogens with zero attached hydrogens (tertiary/aromatic N) is 1. The number of ether oxygens (including phenoxy) is 1. The van der Waals surface area contributed by atoms with E-state index in [2.05, 4.69) is 5.32 Å². The highest BCUT2D eigenvalue weighted by molar-refractivity contribution is 6.31. The highest BCUT2D eigenvalue weighted by Crippen LogP contribution is 2.29. The van der Waals surface area contributed by atoms with Crippen LogP contribution in [0.3, 0.4) is 0 Å². The van der Waals surface area contributed by atoms with Crippen molar-refractivity contribution in [1.82, 2.24) is 4.90 Å². The Kier molecular flexibility index (Phi) is 4.76. The number of nitrogens with one attached hydrogen (secondary N) is 1. The second-order valence-electron chi connectivity index (χ2n) is 5.59. The number of anilines is 1. The molecule has 0 unspecified atom stereocenters. The molecule has 24 heavy (non-hydrogen) atoms. The summed E-state index contributed by atoms with van der Waals surface area (Å²) in [5, 5.41) is 3.29. The molecule has 1 N–H and O–H groups in total. The number of carbonyl (C=O) groups excluding carboxylic acids is 2. The zero-order valence-electron chi connectivity index (χ0n) is 13.1. The zero-order valence-corrected chi connectivity index (χ0v) is 13.9. The molecule has 3 rings (SSSR count). The van der Waals surface area contributed by atoms with Gasteiger partial charge in [-0.15, -0.1) is 0 Å². The highest BCUT2D eigenvalue weighted by Gasteiger charge is 2.34. The van der Waals surface area contributed by atoms with Crippen LogP contribution in [0.1, 0.15) is 12.2 Å². The molecular formula is C17H17ClN2O4. The van der Waals surface area contributed by atoms with E-state index < -0.39 is 5.92 Å². The quantitative estimate of drug-likeness (QED) is 0.901. The molecule has 2 amide bonds. The number of likely N-dealkylation sites (tertiary alicyclic amines) is 1. The number of halogens is 1. The minimum Gasteiger partial charge on any atom is -0.495 e. The molecule has 0 saturated carbocycles. The third kappa shape index (κ3) is 3.54. The molecule has 1 aliphatic heterocycles. The Hall–Kier alpha value is -2.47. The van der Waals surface area contributed by atoms with Gasteiger partial charge in [-0.05, 0) is 30.3 Å². The number of methoxy groups -OCH3 is 1. The smallest absolute Gasteiger partial charge is 0.229 e. The fourth-order valence-electron chi connectivity index (χ4n) is 2.70. The van der Waals surface area contributed by atoms with E-state index in [1.807, 2.05) is 0 Å². The number of benzene rings is 1. The van der Waals surface area contributed by atoms with E-state index in [9.17, 15) is 9.59 Å². The van der Waals surface area contributed by atoms with Gasteiger partial charge in [-0.1, -0.05) is 11.6 Å². The van der Waals surface area contributed by atoms with Gasteiger partial charge in [0.1, 0.15) is 11.5 Å². The van der Waals surface area contributed by atoms with Crippen LogP contribution in [0.25, 0.3) is 0 Å². The minimum atomic E-state index is -0.420. The summed E-state index contributed by atoms with van der Waals surface area (Å²) in [7, 11) is 1.52. The van der Waals surface area contributed by atoms with Gasteiger partial charge in [0.2, 0.25) is 11.8 Å². The second-order valence-corrected chi connectivity index (χ2v) is 6.02. The Morgan fingerprint density at radius 3 is 3.00 bits per heavy atom. The molecule has 1 fully saturated rings. The maximum absolute atomic E-state index is 12.5. The topological polar surface area (TPSA) is 71.8 Å². The van der Waals surface area contributed by atoms with Gasteiger partial charge in [0.25, 0.3) is 0 Å². The molecule has 0 bridgehead atoms. The first-order valence-electron chi connectivity index (χ1n) is 7.51.